The van der Waals surface area contributed by atoms with Gasteiger partial charge in [0.25, 0.3) is 15.9 Å². The Morgan fingerprint density at radius 2 is 1.65 bits per heavy atom. The third-order valence-electron chi connectivity index (χ3n) is 5.84. The van der Waals surface area contributed by atoms with Crippen molar-refractivity contribution >= 4 is 38.9 Å². The lowest BCUT2D eigenvalue weighted by atomic mass is 9.86. The highest BCUT2D eigenvalue weighted by molar-refractivity contribution is 7.92. The second-order valence-electron chi connectivity index (χ2n) is 9.70. The highest BCUT2D eigenvalue weighted by Crippen LogP contribution is 2.32. The first-order chi connectivity index (χ1) is 17.3. The van der Waals surface area contributed by atoms with E-state index < -0.39 is 22.5 Å². The summed E-state index contributed by atoms with van der Waals surface area (Å²) in [6, 6.07) is 18.9. The summed E-state index contributed by atoms with van der Waals surface area (Å²) in [6.07, 6.45) is 0. The molecule has 0 bridgehead atoms. The number of aryl methyl sites for hydroxylation is 1. The molecule has 3 aromatic rings. The summed E-state index contributed by atoms with van der Waals surface area (Å²) in [6.45, 7) is 9.54. The van der Waals surface area contributed by atoms with Crippen LogP contribution in [0, 0.1) is 6.92 Å². The topological polar surface area (TPSA) is 88.1 Å². The summed E-state index contributed by atoms with van der Waals surface area (Å²) < 4.78 is 33.3. The molecule has 0 saturated heterocycles. The Morgan fingerprint density at radius 1 is 1.03 bits per heavy atom. The molecule has 0 atom stereocenters. The molecule has 196 valence electrons. The van der Waals surface area contributed by atoms with E-state index in [0.29, 0.717) is 11.5 Å². The molecular formula is C28H32ClN3O4S. The Morgan fingerprint density at radius 3 is 2.19 bits per heavy atom. The number of sulfonamides is 1. The first-order valence-corrected chi connectivity index (χ1v) is 13.5. The van der Waals surface area contributed by atoms with Crippen LogP contribution in [0.2, 0.25) is 5.02 Å². The van der Waals surface area contributed by atoms with E-state index in [9.17, 15) is 13.2 Å². The van der Waals surface area contributed by atoms with Crippen molar-refractivity contribution in [2.75, 3.05) is 18.0 Å². The highest BCUT2D eigenvalue weighted by atomic mass is 35.5. The van der Waals surface area contributed by atoms with Crippen molar-refractivity contribution in [3.63, 3.8) is 0 Å². The number of anilines is 1. The molecule has 7 nitrogen and oxygen atoms in total. The largest absolute Gasteiger partial charge is 0.495 e. The molecule has 1 N–H and O–H groups in total. The van der Waals surface area contributed by atoms with Crippen LogP contribution in [0.5, 0.6) is 5.75 Å². The zero-order valence-corrected chi connectivity index (χ0v) is 23.4. The van der Waals surface area contributed by atoms with Crippen LogP contribution in [0.3, 0.4) is 0 Å². The molecule has 0 unspecified atom stereocenters. The van der Waals surface area contributed by atoms with Gasteiger partial charge in [-0.05, 0) is 60.7 Å². The number of hydrogen-bond donors (Lipinski definition) is 1. The standard InChI is InChI=1S/C28H32ClN3O4S/c1-19-7-14-24(15-8-19)37(34,35)32(23-13-16-26(36-6)25(29)17-23)18-27(33)31-30-20(2)21-9-11-22(12-10-21)28(3,4)5/h7-17H,18H2,1-6H3,(H,31,33)/b30-20-. The SMILES string of the molecule is COc1ccc(N(CC(=O)N/N=C(/C)c2ccc(C(C)(C)C)cc2)S(=O)(=O)c2ccc(C)cc2)cc1Cl. The van der Waals surface area contributed by atoms with Crippen molar-refractivity contribution in [1.82, 2.24) is 5.43 Å². The fraction of sp³-hybridized carbons (Fsp3) is 0.286. The van der Waals surface area contributed by atoms with E-state index in [2.05, 4.69) is 31.3 Å². The van der Waals surface area contributed by atoms with Crippen molar-refractivity contribution in [3.05, 3.63) is 88.4 Å². The van der Waals surface area contributed by atoms with Gasteiger partial charge in [0.1, 0.15) is 12.3 Å². The van der Waals surface area contributed by atoms with Gasteiger partial charge >= 0.3 is 0 Å². The number of hydrazone groups is 1. The number of ether oxygens (including phenoxy) is 1. The Bertz CT molecular complexity index is 1390. The van der Waals surface area contributed by atoms with E-state index in [-0.39, 0.29) is 21.0 Å². The summed E-state index contributed by atoms with van der Waals surface area (Å²) in [7, 11) is -2.62. The monoisotopic (exact) mass is 541 g/mol. The molecule has 0 saturated carbocycles. The minimum absolute atomic E-state index is 0.0224. The van der Waals surface area contributed by atoms with Gasteiger partial charge in [-0.15, -0.1) is 0 Å². The van der Waals surface area contributed by atoms with Crippen LogP contribution >= 0.6 is 11.6 Å². The number of benzene rings is 3. The van der Waals surface area contributed by atoms with Gasteiger partial charge < -0.3 is 4.74 Å². The van der Waals surface area contributed by atoms with Gasteiger partial charge in [0.15, 0.2) is 0 Å². The van der Waals surface area contributed by atoms with E-state index in [4.69, 9.17) is 16.3 Å². The van der Waals surface area contributed by atoms with Crippen molar-refractivity contribution in [3.8, 4) is 5.75 Å². The number of carbonyl (C=O) groups excluding carboxylic acids is 1. The second-order valence-corrected chi connectivity index (χ2v) is 12.0. The smallest absolute Gasteiger partial charge is 0.264 e. The highest BCUT2D eigenvalue weighted by Gasteiger charge is 2.28. The van der Waals surface area contributed by atoms with E-state index in [0.717, 1.165) is 15.4 Å². The van der Waals surface area contributed by atoms with Crippen LogP contribution in [-0.2, 0) is 20.2 Å². The van der Waals surface area contributed by atoms with Crippen LogP contribution in [0.1, 0.15) is 44.4 Å². The van der Waals surface area contributed by atoms with Gasteiger partial charge in [0.2, 0.25) is 0 Å². The van der Waals surface area contributed by atoms with Crippen LogP contribution in [-0.4, -0.2) is 33.7 Å². The zero-order valence-electron chi connectivity index (χ0n) is 21.9. The van der Waals surface area contributed by atoms with E-state index in [1.807, 2.05) is 31.2 Å². The van der Waals surface area contributed by atoms with Crippen LogP contribution in [0.15, 0.2) is 76.7 Å². The summed E-state index contributed by atoms with van der Waals surface area (Å²) in [4.78, 5) is 13.0. The van der Waals surface area contributed by atoms with Gasteiger partial charge in [-0.3, -0.25) is 9.10 Å². The summed E-state index contributed by atoms with van der Waals surface area (Å²) >= 11 is 6.27. The summed E-state index contributed by atoms with van der Waals surface area (Å²) in [5.74, 6) is -0.214. The molecule has 3 rings (SSSR count). The number of amides is 1. The molecule has 0 fully saturated rings. The average Bonchev–Trinajstić information content (AvgIpc) is 2.85. The lowest BCUT2D eigenvalue weighted by molar-refractivity contribution is -0.119. The minimum atomic E-state index is -4.09. The van der Waals surface area contributed by atoms with Gasteiger partial charge in [-0.2, -0.15) is 5.10 Å². The van der Waals surface area contributed by atoms with Gasteiger partial charge in [0, 0.05) is 0 Å². The quantitative estimate of drug-likeness (QED) is 0.293. The minimum Gasteiger partial charge on any atom is -0.495 e. The number of carbonyl (C=O) groups is 1. The number of nitrogens with zero attached hydrogens (tertiary/aromatic N) is 2. The molecular weight excluding hydrogens is 510 g/mol. The maximum absolute atomic E-state index is 13.6. The third-order valence-corrected chi connectivity index (χ3v) is 7.92. The number of halogens is 1. The summed E-state index contributed by atoms with van der Waals surface area (Å²) in [5.41, 5.74) is 6.26. The number of nitrogens with one attached hydrogen (secondary N) is 1. The predicted octanol–water partition coefficient (Wildman–Crippen LogP) is 5.69. The first-order valence-electron chi connectivity index (χ1n) is 11.7. The van der Waals surface area contributed by atoms with Crippen molar-refractivity contribution in [2.24, 2.45) is 5.10 Å². The molecule has 0 aliphatic heterocycles. The van der Waals surface area contributed by atoms with E-state index in [1.54, 1.807) is 25.1 Å². The zero-order chi connectivity index (χ0) is 27.4. The molecule has 0 aliphatic rings. The van der Waals surface area contributed by atoms with Gasteiger partial charge in [0.05, 0.1) is 28.4 Å². The molecule has 0 radical (unpaired) electrons. The second kappa shape index (κ2) is 11.4. The lowest BCUT2D eigenvalue weighted by Gasteiger charge is -2.24. The third kappa shape index (κ3) is 6.90. The number of methoxy groups -OCH3 is 1. The molecule has 37 heavy (non-hydrogen) atoms. The van der Waals surface area contributed by atoms with Crippen molar-refractivity contribution < 1.29 is 17.9 Å². The van der Waals surface area contributed by atoms with Crippen LogP contribution in [0.25, 0.3) is 0 Å². The average molecular weight is 542 g/mol. The molecule has 9 heteroatoms. The normalized spacial score (nSPS) is 12.2. The van der Waals surface area contributed by atoms with Gasteiger partial charge in [-0.25, -0.2) is 13.8 Å². The lowest BCUT2D eigenvalue weighted by Crippen LogP contribution is -2.39. The molecule has 3 aromatic carbocycles. The van der Waals surface area contributed by atoms with Crippen LogP contribution in [0.4, 0.5) is 5.69 Å². The fourth-order valence-corrected chi connectivity index (χ4v) is 5.22. The summed E-state index contributed by atoms with van der Waals surface area (Å²) in [5, 5.41) is 4.41. The Hall–Kier alpha value is -3.36. The number of hydrogen-bond acceptors (Lipinski definition) is 5. The molecule has 0 spiro atoms. The van der Waals surface area contributed by atoms with E-state index >= 15 is 0 Å². The van der Waals surface area contributed by atoms with Crippen molar-refractivity contribution in [1.29, 1.82) is 0 Å². The predicted molar refractivity (Wildman–Crippen MR) is 149 cm³/mol. The van der Waals surface area contributed by atoms with E-state index in [1.165, 1.54) is 36.9 Å². The molecule has 1 amide bonds. The maximum atomic E-state index is 13.6. The fourth-order valence-electron chi connectivity index (χ4n) is 3.55. The Labute approximate surface area is 224 Å². The van der Waals surface area contributed by atoms with Crippen molar-refractivity contribution in [2.45, 2.75) is 44.9 Å². The Kier molecular flexibility index (Phi) is 8.66. The van der Waals surface area contributed by atoms with Crippen LogP contribution < -0.4 is 14.5 Å². The first kappa shape index (κ1) is 28.2. The van der Waals surface area contributed by atoms with Gasteiger partial charge in [-0.1, -0.05) is 74.3 Å². The molecule has 0 aliphatic carbocycles. The maximum Gasteiger partial charge on any atom is 0.264 e. The molecule has 0 heterocycles. The number of rotatable bonds is 8. The molecule has 0 aromatic heterocycles. The Balaban J connectivity index is 1.87.